The maximum absolute atomic E-state index is 15.7. The predicted molar refractivity (Wildman–Crippen MR) is 244 cm³/mol. The van der Waals surface area contributed by atoms with Crippen LogP contribution in [-0.4, -0.2) is 127 Å². The molecule has 0 bridgehead atoms. The third-order valence-corrected chi connectivity index (χ3v) is 16.2. The van der Waals surface area contributed by atoms with Crippen molar-refractivity contribution in [2.45, 2.75) is 107 Å². The normalized spacial score (nSPS) is 30.8. The summed E-state index contributed by atoms with van der Waals surface area (Å²) in [7, 11) is 5.92. The highest BCUT2D eigenvalue weighted by atomic mass is 19.3. The molecule has 1 aliphatic carbocycles. The lowest BCUT2D eigenvalue weighted by molar-refractivity contribution is -0.228. The average Bonchev–Trinajstić information content (AvgIpc) is 3.96. The van der Waals surface area contributed by atoms with Gasteiger partial charge in [0, 0.05) is 103 Å². The molecule has 6 heterocycles. The number of alkyl halides is 2. The highest BCUT2D eigenvalue weighted by Gasteiger charge is 2.80. The van der Waals surface area contributed by atoms with E-state index in [-0.39, 0.29) is 38.4 Å². The van der Waals surface area contributed by atoms with E-state index in [1.807, 2.05) is 79.2 Å². The number of esters is 3. The number of aliphatic hydroxyl groups is 1. The van der Waals surface area contributed by atoms with Gasteiger partial charge in [0.15, 0.2) is 6.10 Å². The Morgan fingerprint density at radius 2 is 1.71 bits per heavy atom. The molecule has 15 heteroatoms. The van der Waals surface area contributed by atoms with E-state index in [2.05, 4.69) is 20.9 Å². The van der Waals surface area contributed by atoms with E-state index in [1.165, 1.54) is 28.3 Å². The summed E-state index contributed by atoms with van der Waals surface area (Å²) in [6.07, 6.45) is 7.53. The number of hydrogen-bond donors (Lipinski definition) is 2. The second-order valence-electron chi connectivity index (χ2n) is 19.2. The first-order valence-corrected chi connectivity index (χ1v) is 23.1. The minimum Gasteiger partial charge on any atom is -0.496 e. The van der Waals surface area contributed by atoms with Crippen LogP contribution in [-0.2, 0) is 46.0 Å². The number of halogens is 2. The lowest BCUT2D eigenvalue weighted by Gasteiger charge is -2.63. The smallest absolute Gasteiger partial charge is 0.344 e. The van der Waals surface area contributed by atoms with Crippen molar-refractivity contribution >= 4 is 34.5 Å². The standard InChI is InChI=1S/C51H61F2N5O8/c1-9-48-18-12-23-58-24-20-50(42(48)58)36-26-37(40(63-6)27-39(36)56(5)43(50)51(62,46(61)65-8)44(48)66-30(3)59)49(45(60)64-7)19-11-13-33(47(4,52)53)28-57(10-2)29-35-34-25-32(31-16-21-54-22-17-31)14-15-38(34)55-41(35)49/h12,14-18,21-22,25-27,33,42-44,55,62H,9-11,13,19-20,23-24,28-29H2,1-8H3/t33?,42-,43+,44+,48+,49-,50+,51-/m0/s1. The molecule has 13 nitrogen and oxygen atoms in total. The third-order valence-electron chi connectivity index (χ3n) is 16.2. The number of likely N-dealkylation sites (N-methyl/N-ethyl adjacent to an activating group) is 1. The number of methoxy groups -OCH3 is 3. The van der Waals surface area contributed by atoms with Crippen molar-refractivity contribution in [3.05, 3.63) is 89.4 Å². The minimum absolute atomic E-state index is 0.0919. The molecule has 4 aliphatic heterocycles. The van der Waals surface area contributed by atoms with Crippen LogP contribution in [0.4, 0.5) is 14.5 Å². The Labute approximate surface area is 384 Å². The van der Waals surface area contributed by atoms with Crippen LogP contribution in [0.15, 0.2) is 67.0 Å². The molecule has 1 saturated carbocycles. The van der Waals surface area contributed by atoms with Crippen molar-refractivity contribution < 1.29 is 47.2 Å². The summed E-state index contributed by atoms with van der Waals surface area (Å²) in [6.45, 7) is 8.28. The summed E-state index contributed by atoms with van der Waals surface area (Å²) < 4.78 is 55.2. The van der Waals surface area contributed by atoms with Crippen LogP contribution in [0.5, 0.6) is 5.75 Å². The number of ether oxygens (including phenoxy) is 4. The topological polar surface area (TPSA) is 147 Å². The van der Waals surface area contributed by atoms with Gasteiger partial charge in [-0.15, -0.1) is 0 Å². The Kier molecular flexibility index (Phi) is 11.4. The number of aromatic nitrogens is 2. The van der Waals surface area contributed by atoms with Crippen molar-refractivity contribution in [3.63, 3.8) is 0 Å². The molecule has 0 radical (unpaired) electrons. The molecule has 9 rings (SSSR count). The third kappa shape index (κ3) is 6.38. The molecule has 8 atom stereocenters. The molecule has 1 spiro atoms. The van der Waals surface area contributed by atoms with Gasteiger partial charge in [-0.1, -0.05) is 38.5 Å². The number of nitrogens with zero attached hydrogens (tertiary/aromatic N) is 4. The Morgan fingerprint density at radius 1 is 0.970 bits per heavy atom. The molecule has 4 aromatic rings. The van der Waals surface area contributed by atoms with Gasteiger partial charge in [0.2, 0.25) is 11.5 Å². The van der Waals surface area contributed by atoms with Gasteiger partial charge in [-0.2, -0.15) is 0 Å². The Balaban J connectivity index is 1.36. The lowest BCUT2D eigenvalue weighted by atomic mass is 9.47. The molecule has 66 heavy (non-hydrogen) atoms. The van der Waals surface area contributed by atoms with Gasteiger partial charge in [-0.3, -0.25) is 24.4 Å². The zero-order valence-corrected chi connectivity index (χ0v) is 39.1. The molecule has 0 amide bonds. The fourth-order valence-electron chi connectivity index (χ4n) is 13.4. The summed E-state index contributed by atoms with van der Waals surface area (Å²) in [4.78, 5) is 57.2. The summed E-state index contributed by atoms with van der Waals surface area (Å²) in [5.41, 5.74) is -0.175. The molecule has 5 aliphatic rings. The fourth-order valence-corrected chi connectivity index (χ4v) is 13.4. The average molecular weight is 910 g/mol. The summed E-state index contributed by atoms with van der Waals surface area (Å²) in [5, 5.41) is 14.2. The Morgan fingerprint density at radius 3 is 2.36 bits per heavy atom. The second kappa shape index (κ2) is 16.4. The summed E-state index contributed by atoms with van der Waals surface area (Å²) >= 11 is 0. The molecular formula is C51H61F2N5O8. The number of benzene rings is 2. The molecule has 2 fully saturated rings. The van der Waals surface area contributed by atoms with Crippen molar-refractivity contribution in [3.8, 4) is 16.9 Å². The van der Waals surface area contributed by atoms with Crippen LogP contribution in [0, 0.1) is 11.3 Å². The maximum Gasteiger partial charge on any atom is 0.344 e. The fraction of sp³-hybridized carbons (Fsp3) is 0.529. The van der Waals surface area contributed by atoms with Crippen LogP contribution < -0.4 is 9.64 Å². The Hall–Kier alpha value is -5.38. The Bertz CT molecular complexity index is 2600. The van der Waals surface area contributed by atoms with Crippen molar-refractivity contribution in [1.82, 2.24) is 19.8 Å². The predicted octanol–water partition coefficient (Wildman–Crippen LogP) is 6.92. The number of hydrogen-bond acceptors (Lipinski definition) is 12. The first-order chi connectivity index (χ1) is 31.5. The highest BCUT2D eigenvalue weighted by Crippen LogP contribution is 2.68. The number of aromatic amines is 1. The summed E-state index contributed by atoms with van der Waals surface area (Å²) in [5.74, 6) is -5.83. The molecule has 1 unspecified atom stereocenters. The van der Waals surface area contributed by atoms with Crippen molar-refractivity contribution in [2.24, 2.45) is 11.3 Å². The zero-order valence-electron chi connectivity index (χ0n) is 39.1. The number of nitrogens with one attached hydrogen (secondary N) is 1. The van der Waals surface area contributed by atoms with Gasteiger partial charge in [-0.05, 0) is 98.3 Å². The van der Waals surface area contributed by atoms with Gasteiger partial charge in [0.25, 0.3) is 0 Å². The van der Waals surface area contributed by atoms with E-state index in [1.54, 1.807) is 12.4 Å². The second-order valence-corrected chi connectivity index (χ2v) is 19.2. The van der Waals surface area contributed by atoms with E-state index in [4.69, 9.17) is 18.9 Å². The quantitative estimate of drug-likeness (QED) is 0.102. The number of carbonyl (C=O) groups excluding carboxylic acids is 3. The monoisotopic (exact) mass is 909 g/mol. The van der Waals surface area contributed by atoms with Crippen LogP contribution in [0.1, 0.15) is 82.2 Å². The maximum atomic E-state index is 15.7. The first-order valence-electron chi connectivity index (χ1n) is 23.1. The molecule has 1 saturated heterocycles. The van der Waals surface area contributed by atoms with Crippen molar-refractivity contribution in [2.75, 3.05) is 59.5 Å². The number of anilines is 1. The molecule has 352 valence electrons. The van der Waals surface area contributed by atoms with Crippen LogP contribution in [0.25, 0.3) is 22.0 Å². The van der Waals surface area contributed by atoms with E-state index >= 15 is 13.6 Å². The van der Waals surface area contributed by atoms with Gasteiger partial charge in [0.1, 0.15) is 11.2 Å². The van der Waals surface area contributed by atoms with Crippen LogP contribution in [0.2, 0.25) is 0 Å². The first kappa shape index (κ1) is 45.8. The molecule has 2 aromatic carbocycles. The largest absolute Gasteiger partial charge is 0.496 e. The minimum atomic E-state index is -3.00. The van der Waals surface area contributed by atoms with Crippen LogP contribution in [0.3, 0.4) is 0 Å². The molecule has 2 N–H and O–H groups in total. The number of carbonyl (C=O) groups is 3. The molecular weight excluding hydrogens is 849 g/mol. The van der Waals surface area contributed by atoms with Crippen LogP contribution >= 0.6 is 0 Å². The SMILES string of the molecule is CCN1Cc2c([nH]c3ccc(-c4ccncc4)cc23)[C@@](C(=O)OC)(c2cc3c(cc2OC)N(C)[C@H]2[C@@](O)(C(=O)OC)[C@H](OC(C)=O)[C@]4(CC)C=CCN5CC[C@]32[C@@H]54)CCCC(C(C)(F)F)C1. The van der Waals surface area contributed by atoms with Gasteiger partial charge < -0.3 is 33.9 Å². The molecule has 2 aromatic heterocycles. The number of fused-ring (bicyclic) bond motifs is 4. The van der Waals surface area contributed by atoms with Crippen molar-refractivity contribution in [1.29, 1.82) is 0 Å². The number of pyridine rings is 1. The van der Waals surface area contributed by atoms with E-state index in [0.29, 0.717) is 55.2 Å². The zero-order chi connectivity index (χ0) is 47.1. The van der Waals surface area contributed by atoms with Gasteiger partial charge in [0.05, 0.1) is 27.4 Å². The number of rotatable bonds is 9. The van der Waals surface area contributed by atoms with E-state index in [0.717, 1.165) is 40.1 Å². The van der Waals surface area contributed by atoms with Gasteiger partial charge >= 0.3 is 17.9 Å². The number of H-pyrrole nitrogens is 1. The lowest BCUT2D eigenvalue weighted by Crippen LogP contribution is -2.81. The van der Waals surface area contributed by atoms with Gasteiger partial charge in [-0.25, -0.2) is 13.6 Å². The highest BCUT2D eigenvalue weighted by molar-refractivity contribution is 5.96. The van der Waals surface area contributed by atoms with E-state index < -0.39 is 63.7 Å². The van der Waals surface area contributed by atoms with E-state index in [9.17, 15) is 14.7 Å². The summed E-state index contributed by atoms with van der Waals surface area (Å²) in [6, 6.07) is 12.4.